The maximum absolute atomic E-state index is 13.9. The smallest absolute Gasteiger partial charge is 0.127 e. The number of ether oxygens (including phenoxy) is 1. The number of halogens is 1. The first-order chi connectivity index (χ1) is 8.30. The lowest BCUT2D eigenvalue weighted by Crippen LogP contribution is -2.58. The van der Waals surface area contributed by atoms with Crippen LogP contribution in [0.4, 0.5) is 4.39 Å². The third kappa shape index (κ3) is 1.98. The molecule has 0 aromatic heterocycles. The fourth-order valence-electron chi connectivity index (χ4n) is 3.00. The monoisotopic (exact) mass is 235 g/mol. The summed E-state index contributed by atoms with van der Waals surface area (Å²) in [6, 6.07) is 7.16. The Labute approximate surface area is 101 Å². The molecule has 2 aliphatic heterocycles. The van der Waals surface area contributed by atoms with Gasteiger partial charge in [0.1, 0.15) is 5.82 Å². The van der Waals surface area contributed by atoms with Crippen LogP contribution in [0.1, 0.15) is 24.8 Å². The molecule has 0 spiro atoms. The van der Waals surface area contributed by atoms with Gasteiger partial charge in [-0.25, -0.2) is 4.39 Å². The molecule has 17 heavy (non-hydrogen) atoms. The molecule has 1 aromatic carbocycles. The molecule has 0 bridgehead atoms. The fourth-order valence-corrected chi connectivity index (χ4v) is 3.00. The van der Waals surface area contributed by atoms with E-state index in [1.807, 2.05) is 12.1 Å². The summed E-state index contributed by atoms with van der Waals surface area (Å²) < 4.78 is 19.6. The third-order valence-electron chi connectivity index (χ3n) is 4.01. The molecule has 2 nitrogen and oxygen atoms in total. The lowest BCUT2D eigenvalue weighted by Gasteiger charge is -2.44. The van der Waals surface area contributed by atoms with Crippen LogP contribution in [-0.2, 0) is 10.2 Å². The first-order valence-electron chi connectivity index (χ1n) is 6.37. The lowest BCUT2D eigenvalue weighted by atomic mass is 9.71. The summed E-state index contributed by atoms with van der Waals surface area (Å²) in [6.07, 6.45) is 3.53. The van der Waals surface area contributed by atoms with E-state index in [0.29, 0.717) is 6.10 Å². The van der Waals surface area contributed by atoms with E-state index in [0.717, 1.165) is 44.5 Å². The van der Waals surface area contributed by atoms with Gasteiger partial charge in [-0.15, -0.1) is 0 Å². The highest BCUT2D eigenvalue weighted by Crippen LogP contribution is 2.37. The zero-order valence-electron chi connectivity index (χ0n) is 9.92. The van der Waals surface area contributed by atoms with Gasteiger partial charge in [-0.3, -0.25) is 0 Å². The van der Waals surface area contributed by atoms with Crippen molar-refractivity contribution in [1.29, 1.82) is 0 Å². The van der Waals surface area contributed by atoms with Crippen LogP contribution in [-0.4, -0.2) is 25.8 Å². The Morgan fingerprint density at radius 1 is 1.35 bits per heavy atom. The molecule has 0 radical (unpaired) electrons. The molecule has 92 valence electrons. The Bertz CT molecular complexity index is 397. The molecule has 2 aliphatic rings. The molecule has 1 aromatic rings. The molecule has 2 heterocycles. The van der Waals surface area contributed by atoms with Gasteiger partial charge >= 0.3 is 0 Å². The van der Waals surface area contributed by atoms with Crippen LogP contribution in [0.5, 0.6) is 0 Å². The fraction of sp³-hybridized carbons (Fsp3) is 0.571. The van der Waals surface area contributed by atoms with Gasteiger partial charge in [0.25, 0.3) is 0 Å². The standard InChI is InChI=1S/C14H18FNO/c15-13-6-2-1-5-12(13)14(9-16-10-14)8-11-4-3-7-17-11/h1-2,5-6,11,16H,3-4,7-10H2. The van der Waals surface area contributed by atoms with E-state index in [1.165, 1.54) is 0 Å². The molecule has 1 unspecified atom stereocenters. The number of nitrogens with one attached hydrogen (secondary N) is 1. The van der Waals surface area contributed by atoms with Gasteiger partial charge in [-0.1, -0.05) is 18.2 Å². The largest absolute Gasteiger partial charge is 0.378 e. The van der Waals surface area contributed by atoms with Crippen molar-refractivity contribution in [3.8, 4) is 0 Å². The van der Waals surface area contributed by atoms with Crippen molar-refractivity contribution in [2.45, 2.75) is 30.8 Å². The number of benzene rings is 1. The highest BCUT2D eigenvalue weighted by Gasteiger charge is 2.42. The van der Waals surface area contributed by atoms with E-state index in [2.05, 4.69) is 5.32 Å². The summed E-state index contributed by atoms with van der Waals surface area (Å²) in [6.45, 7) is 2.60. The molecule has 2 fully saturated rings. The highest BCUT2D eigenvalue weighted by molar-refractivity contribution is 5.31. The van der Waals surface area contributed by atoms with E-state index in [4.69, 9.17) is 4.74 Å². The highest BCUT2D eigenvalue weighted by atomic mass is 19.1. The summed E-state index contributed by atoms with van der Waals surface area (Å²) in [5.41, 5.74) is 0.814. The van der Waals surface area contributed by atoms with E-state index >= 15 is 0 Å². The summed E-state index contributed by atoms with van der Waals surface area (Å²) in [5.74, 6) is -0.0769. The molecule has 0 saturated carbocycles. The van der Waals surface area contributed by atoms with Crippen molar-refractivity contribution < 1.29 is 9.13 Å². The summed E-state index contributed by atoms with van der Waals surface area (Å²) >= 11 is 0. The third-order valence-corrected chi connectivity index (χ3v) is 4.01. The van der Waals surface area contributed by atoms with Crippen LogP contribution in [0, 0.1) is 5.82 Å². The van der Waals surface area contributed by atoms with Crippen LogP contribution in [0.3, 0.4) is 0 Å². The second-order valence-corrected chi connectivity index (χ2v) is 5.20. The normalized spacial score (nSPS) is 26.8. The predicted octanol–water partition coefficient (Wildman–Crippen LogP) is 2.24. The van der Waals surface area contributed by atoms with Gasteiger partial charge in [0.05, 0.1) is 6.10 Å². The Balaban J connectivity index is 1.83. The van der Waals surface area contributed by atoms with Crippen molar-refractivity contribution in [2.24, 2.45) is 0 Å². The summed E-state index contributed by atoms with van der Waals surface area (Å²) in [7, 11) is 0. The van der Waals surface area contributed by atoms with E-state index in [9.17, 15) is 4.39 Å². The second kappa shape index (κ2) is 4.39. The van der Waals surface area contributed by atoms with Crippen molar-refractivity contribution >= 4 is 0 Å². The molecule has 3 rings (SSSR count). The van der Waals surface area contributed by atoms with Gasteiger partial charge in [0, 0.05) is 25.1 Å². The Morgan fingerprint density at radius 2 is 2.18 bits per heavy atom. The number of hydrogen-bond acceptors (Lipinski definition) is 2. The van der Waals surface area contributed by atoms with Crippen LogP contribution < -0.4 is 5.32 Å². The predicted molar refractivity (Wildman–Crippen MR) is 64.5 cm³/mol. The van der Waals surface area contributed by atoms with Crippen molar-refractivity contribution in [2.75, 3.05) is 19.7 Å². The first-order valence-corrected chi connectivity index (χ1v) is 6.37. The minimum absolute atomic E-state index is 0.0413. The maximum Gasteiger partial charge on any atom is 0.127 e. The molecule has 1 N–H and O–H groups in total. The SMILES string of the molecule is Fc1ccccc1C1(CC2CCCO2)CNC1. The van der Waals surface area contributed by atoms with Crippen LogP contribution in [0.25, 0.3) is 0 Å². The minimum atomic E-state index is -0.0769. The minimum Gasteiger partial charge on any atom is -0.378 e. The average molecular weight is 235 g/mol. The first kappa shape index (κ1) is 11.2. The van der Waals surface area contributed by atoms with Crippen LogP contribution >= 0.6 is 0 Å². The van der Waals surface area contributed by atoms with E-state index in [1.54, 1.807) is 12.1 Å². The molecule has 0 aliphatic carbocycles. The molecular formula is C14H18FNO. The van der Waals surface area contributed by atoms with Crippen molar-refractivity contribution in [3.63, 3.8) is 0 Å². The van der Waals surface area contributed by atoms with Gasteiger partial charge in [-0.2, -0.15) is 0 Å². The maximum atomic E-state index is 13.9. The van der Waals surface area contributed by atoms with Crippen molar-refractivity contribution in [1.82, 2.24) is 5.32 Å². The summed E-state index contributed by atoms with van der Waals surface area (Å²) in [4.78, 5) is 0. The zero-order valence-corrected chi connectivity index (χ0v) is 9.92. The van der Waals surface area contributed by atoms with Gasteiger partial charge < -0.3 is 10.1 Å². The van der Waals surface area contributed by atoms with Gasteiger partial charge in [0.2, 0.25) is 0 Å². The van der Waals surface area contributed by atoms with Gasteiger partial charge in [0.15, 0.2) is 0 Å². The number of rotatable bonds is 3. The van der Waals surface area contributed by atoms with Crippen LogP contribution in [0.15, 0.2) is 24.3 Å². The Morgan fingerprint density at radius 3 is 2.76 bits per heavy atom. The average Bonchev–Trinajstić information content (AvgIpc) is 2.77. The molecular weight excluding hydrogens is 217 g/mol. The Hall–Kier alpha value is -0.930. The van der Waals surface area contributed by atoms with E-state index in [-0.39, 0.29) is 11.2 Å². The molecule has 1 atom stereocenters. The quantitative estimate of drug-likeness (QED) is 0.867. The topological polar surface area (TPSA) is 21.3 Å². The molecule has 2 saturated heterocycles. The van der Waals surface area contributed by atoms with E-state index < -0.39 is 0 Å². The lowest BCUT2D eigenvalue weighted by molar-refractivity contribution is 0.0671. The summed E-state index contributed by atoms with van der Waals surface area (Å²) in [5, 5.41) is 3.28. The zero-order chi connectivity index (χ0) is 11.7. The van der Waals surface area contributed by atoms with Gasteiger partial charge in [-0.05, 0) is 30.9 Å². The Kier molecular flexibility index (Phi) is 2.89. The molecule has 3 heteroatoms. The molecule has 0 amide bonds. The second-order valence-electron chi connectivity index (χ2n) is 5.20. The van der Waals surface area contributed by atoms with Crippen molar-refractivity contribution in [3.05, 3.63) is 35.6 Å². The van der Waals surface area contributed by atoms with Crippen LogP contribution in [0.2, 0.25) is 0 Å². The number of hydrogen-bond donors (Lipinski definition) is 1.